The van der Waals surface area contributed by atoms with Crippen LogP contribution in [0.4, 0.5) is 18.2 Å². The summed E-state index contributed by atoms with van der Waals surface area (Å²) in [5, 5.41) is 57.8. The van der Waals surface area contributed by atoms with E-state index in [2.05, 4.69) is 16.0 Å². The van der Waals surface area contributed by atoms with Crippen molar-refractivity contribution in [1.82, 2.24) is 25.3 Å². The van der Waals surface area contributed by atoms with Crippen molar-refractivity contribution in [3.63, 3.8) is 0 Å². The number of methoxy groups -OCH3 is 1. The van der Waals surface area contributed by atoms with Gasteiger partial charge in [0.1, 0.15) is 36.2 Å². The zero-order chi connectivity index (χ0) is 64.2. The van der Waals surface area contributed by atoms with Crippen molar-refractivity contribution >= 4 is 43.3 Å². The lowest BCUT2D eigenvalue weighted by Crippen LogP contribution is -2.62. The summed E-state index contributed by atoms with van der Waals surface area (Å²) >= 11 is 0. The fourth-order valence-electron chi connectivity index (χ4n) is 13.6. The van der Waals surface area contributed by atoms with E-state index in [9.17, 15) is 39.6 Å². The first-order valence-corrected chi connectivity index (χ1v) is 30.5. The molecular formula is C62H95BF2N6O16. The molecule has 0 radical (unpaired) electrons. The maximum Gasteiger partial charge on any atom is 0.737 e. The molecule has 6 heterocycles. The number of alkyl carbamates (subject to hydrolysis) is 2. The van der Waals surface area contributed by atoms with Crippen LogP contribution in [0.25, 0.3) is 6.08 Å². The van der Waals surface area contributed by atoms with Crippen LogP contribution < -0.4 is 16.0 Å². The normalized spacial score (nSPS) is 36.4. The number of esters is 1. The smallest absolute Gasteiger partial charge is 0.459 e. The Morgan fingerprint density at radius 2 is 1.59 bits per heavy atom. The molecule has 5 aliphatic heterocycles. The number of ether oxygens (including phenoxy) is 8. The van der Waals surface area contributed by atoms with Crippen molar-refractivity contribution in [3.8, 4) is 0 Å². The molecule has 0 unspecified atom stereocenters. The lowest BCUT2D eigenvalue weighted by Gasteiger charge is -2.50. The summed E-state index contributed by atoms with van der Waals surface area (Å²) in [7, 11) is 5.10. The molecule has 0 bridgehead atoms. The van der Waals surface area contributed by atoms with Crippen LogP contribution in [0.15, 0.2) is 53.7 Å². The van der Waals surface area contributed by atoms with Crippen LogP contribution in [0.1, 0.15) is 130 Å². The zero-order valence-electron chi connectivity index (χ0n) is 53.2. The minimum absolute atomic E-state index is 0.0159. The van der Waals surface area contributed by atoms with E-state index in [1.165, 1.54) is 20.2 Å². The van der Waals surface area contributed by atoms with Gasteiger partial charge in [-0.3, -0.25) is 9.59 Å². The Kier molecular flexibility index (Phi) is 22.4. The number of benzene rings is 1. The minimum atomic E-state index is -4.11. The molecule has 3 fully saturated rings. The van der Waals surface area contributed by atoms with E-state index in [0.29, 0.717) is 29.1 Å². The molecule has 486 valence electrons. The number of rotatable bonds is 17. The number of amides is 3. The first-order chi connectivity index (χ1) is 40.7. The third-order valence-electron chi connectivity index (χ3n) is 18.5. The van der Waals surface area contributed by atoms with Gasteiger partial charge in [0.2, 0.25) is 5.91 Å². The summed E-state index contributed by atoms with van der Waals surface area (Å²) in [5.74, 6) is -5.02. The Balaban J connectivity index is 1.07. The van der Waals surface area contributed by atoms with Crippen molar-refractivity contribution in [2.24, 2.45) is 23.7 Å². The summed E-state index contributed by atoms with van der Waals surface area (Å²) < 4.78 is 83.7. The molecule has 0 saturated carbocycles. The standard InChI is InChI=1S/C62H95BF2N6O16/c1-16-47-62(12,79)53(74)38(6)50(68-59(77)81-33-42-20-18-17-19-21-42)35(3)30-60(10,78)54(86-57-51(73)46(69(13)14)27-37(5)82-57)39(7)52(40(8)56(75)84-47)85-49-31-61(11,80-15)55(41(9)83-49)87-58(76)67-25-24-66-48(72)23-22-43-28-44-29-45-34(2)26-36(4)71(45)63(64,65)70(44)32-43/h17-21,26,28-29,32,35,37-41,46-47,49-55,57,73-74,78-79H,16,22-25,27,30-31,33H2,1-15H3,(H,66,72)(H,67,76)(H,68,77)/t35-,37-,38+,39+,40-,41+,46+,47-,49+,50+,51-,52+,53-,54-,55+,57+,60-,61-,62-/m1/s1. The molecule has 0 spiro atoms. The quantitative estimate of drug-likeness (QED) is 0.0423. The minimum Gasteiger partial charge on any atom is -0.459 e. The molecule has 3 saturated heterocycles. The predicted molar refractivity (Wildman–Crippen MR) is 319 cm³/mol. The Morgan fingerprint density at radius 1 is 0.908 bits per heavy atom. The van der Waals surface area contributed by atoms with E-state index in [1.54, 1.807) is 99.6 Å². The van der Waals surface area contributed by atoms with E-state index in [4.69, 9.17) is 37.9 Å². The highest BCUT2D eigenvalue weighted by atomic mass is 19.2. The molecule has 2 aromatic rings. The van der Waals surface area contributed by atoms with Crippen molar-refractivity contribution in [3.05, 3.63) is 76.3 Å². The molecule has 87 heavy (non-hydrogen) atoms. The highest BCUT2D eigenvalue weighted by molar-refractivity contribution is 6.57. The molecule has 7 N–H and O–H groups in total. The number of aliphatic hydroxyl groups is 4. The van der Waals surface area contributed by atoms with Crippen LogP contribution >= 0.6 is 0 Å². The highest BCUT2D eigenvalue weighted by Gasteiger charge is 2.56. The predicted octanol–water partition coefficient (Wildman–Crippen LogP) is 5.86. The fourth-order valence-corrected chi connectivity index (χ4v) is 13.6. The summed E-state index contributed by atoms with van der Waals surface area (Å²) in [4.78, 5) is 56.8. The topological polar surface area (TPSA) is 270 Å². The number of cyclic esters (lactones) is 1. The Labute approximate surface area is 510 Å². The number of nitrogens with zero attached hydrogens (tertiary/aromatic N) is 3. The van der Waals surface area contributed by atoms with Crippen LogP contribution in [0, 0.1) is 37.5 Å². The van der Waals surface area contributed by atoms with Gasteiger partial charge in [-0.05, 0) is 124 Å². The Hall–Kier alpha value is -5.35. The summed E-state index contributed by atoms with van der Waals surface area (Å²) in [5.41, 5.74) is -1.95. The summed E-state index contributed by atoms with van der Waals surface area (Å²) in [6.45, 7) is 15.8. The number of aryl methyl sites for hydroxylation is 2. The largest absolute Gasteiger partial charge is 0.737 e. The van der Waals surface area contributed by atoms with E-state index in [0.717, 1.165) is 20.1 Å². The average Bonchev–Trinajstić information content (AvgIpc) is 1.63. The van der Waals surface area contributed by atoms with Gasteiger partial charge < -0.3 is 96.8 Å². The number of halogens is 2. The molecule has 1 aromatic carbocycles. The van der Waals surface area contributed by atoms with Crippen LogP contribution in [0.2, 0.25) is 0 Å². The third-order valence-corrected chi connectivity index (χ3v) is 18.5. The van der Waals surface area contributed by atoms with E-state index in [1.807, 2.05) is 44.1 Å². The molecule has 7 rings (SSSR count). The van der Waals surface area contributed by atoms with Gasteiger partial charge in [-0.2, -0.15) is 0 Å². The second kappa shape index (κ2) is 28.2. The molecule has 0 aliphatic carbocycles. The van der Waals surface area contributed by atoms with E-state index < -0.39 is 139 Å². The number of allylic oxidation sites excluding steroid dienone is 2. The molecule has 1 aromatic heterocycles. The number of nitrogens with one attached hydrogen (secondary N) is 3. The number of carbonyl (C=O) groups excluding carboxylic acids is 4. The van der Waals surface area contributed by atoms with Gasteiger partial charge in [0.15, 0.2) is 24.4 Å². The monoisotopic (exact) mass is 1230 g/mol. The van der Waals surface area contributed by atoms with Crippen molar-refractivity contribution in [2.75, 3.05) is 34.3 Å². The second-order valence-electron chi connectivity index (χ2n) is 25.7. The first kappa shape index (κ1) is 69.1. The van der Waals surface area contributed by atoms with Crippen molar-refractivity contribution < 1.29 is 90.6 Å². The van der Waals surface area contributed by atoms with E-state index >= 15 is 8.63 Å². The van der Waals surface area contributed by atoms with Crippen LogP contribution in [-0.2, 0) is 54.1 Å². The van der Waals surface area contributed by atoms with Crippen molar-refractivity contribution in [2.45, 2.75) is 219 Å². The number of carbonyl (C=O) groups is 4. The fraction of sp³-hybridized carbons (Fsp3) is 0.694. The third kappa shape index (κ3) is 15.6. The summed E-state index contributed by atoms with van der Waals surface area (Å²) in [6.07, 6.45) is -7.86. The Bertz CT molecular complexity index is 2840. The molecule has 25 heteroatoms. The van der Waals surface area contributed by atoms with E-state index in [-0.39, 0.29) is 57.7 Å². The maximum absolute atomic E-state index is 15.6. The number of hydrogen-bond acceptors (Lipinski definition) is 17. The van der Waals surface area contributed by atoms with Gasteiger partial charge in [-0.15, -0.1) is 0 Å². The number of aliphatic hydroxyl groups excluding tert-OH is 2. The zero-order valence-corrected chi connectivity index (χ0v) is 53.2. The average molecular weight is 1230 g/mol. The first-order valence-electron chi connectivity index (χ1n) is 30.5. The summed E-state index contributed by atoms with van der Waals surface area (Å²) in [6, 6.07) is 9.39. The lowest BCUT2D eigenvalue weighted by atomic mass is 9.72. The highest BCUT2D eigenvalue weighted by Crippen LogP contribution is 2.43. The van der Waals surface area contributed by atoms with Crippen molar-refractivity contribution in [1.29, 1.82) is 0 Å². The van der Waals surface area contributed by atoms with Gasteiger partial charge in [0, 0.05) is 80.4 Å². The van der Waals surface area contributed by atoms with Gasteiger partial charge in [0.25, 0.3) is 0 Å². The Morgan fingerprint density at radius 3 is 2.24 bits per heavy atom. The number of likely N-dealkylation sites (N-methyl/N-ethyl adjacent to an activating group) is 1. The number of hydrogen-bond donors (Lipinski definition) is 7. The molecule has 5 aliphatic rings. The lowest BCUT2D eigenvalue weighted by molar-refractivity contribution is -0.356. The van der Waals surface area contributed by atoms with Gasteiger partial charge in [-0.25, -0.2) is 9.59 Å². The molecule has 19 atom stereocenters. The van der Waals surface area contributed by atoms with Crippen LogP contribution in [0.5, 0.6) is 0 Å². The van der Waals surface area contributed by atoms with Crippen LogP contribution in [-0.4, -0.2) is 196 Å². The SMILES string of the molecule is CC[C@H]1OC(=O)[C@H](C)[C@@H](O[C@H]2C[C@@](C)(OC)[C@@H](OC(=O)NCCNC(=O)CCC3=CC4=Cc5c(C)cc(C)n5[B-](F)(F)[N+]4=C3)[C@H](C)O2)[C@H](C)[C@@H](O[C@@H]2O[C@H](C)C[C@H](N(C)C)[C@H]2O)[C@](C)(O)C[C@@H](C)[C@H](NC(=O)OCc2ccccc2)[C@H](C)[C@@H](O)[C@]1(C)O. The maximum atomic E-state index is 15.6. The molecular weight excluding hydrogens is 1130 g/mol. The number of fused-ring (bicyclic) bond motifs is 2. The van der Waals surface area contributed by atoms with Gasteiger partial charge in [0.05, 0.1) is 42.0 Å². The van der Waals surface area contributed by atoms with Crippen LogP contribution in [0.3, 0.4) is 0 Å². The molecule has 3 amide bonds. The number of aromatic nitrogens is 1. The molecule has 22 nitrogen and oxygen atoms in total. The van der Waals surface area contributed by atoms with Gasteiger partial charge in [-0.1, -0.05) is 58.0 Å². The second-order valence-corrected chi connectivity index (χ2v) is 25.7. The van der Waals surface area contributed by atoms with Gasteiger partial charge >= 0.3 is 25.1 Å².